The first-order valence-electron chi connectivity index (χ1n) is 19.0. The molecule has 0 radical (unpaired) electrons. The van der Waals surface area contributed by atoms with Gasteiger partial charge in [0, 0.05) is 24.4 Å². The number of fused-ring (bicyclic) bond motifs is 1. The number of phenols is 1. The van der Waals surface area contributed by atoms with Crippen molar-refractivity contribution < 1.29 is 6.48 Å². The highest BCUT2D eigenvalue weighted by molar-refractivity contribution is 5.97. The number of nitrogens with zero attached hydrogens (tertiary/aromatic N) is 3. The lowest BCUT2D eigenvalue weighted by atomic mass is 9.83. The molecule has 6 aromatic carbocycles. The Morgan fingerprint density at radius 1 is 0.630 bits per heavy atom. The molecule has 0 unspecified atom stereocenters. The van der Waals surface area contributed by atoms with Crippen molar-refractivity contribution in [2.75, 3.05) is 0 Å². The van der Waals surface area contributed by atoms with Crippen LogP contribution in [-0.2, 0) is 5.41 Å². The van der Waals surface area contributed by atoms with Gasteiger partial charge in [0.05, 0.1) is 22.3 Å². The molecule has 2 aromatic heterocycles. The quantitative estimate of drug-likeness (QED) is 0.180. The van der Waals surface area contributed by atoms with Crippen LogP contribution in [-0.4, -0.2) is 19.6 Å². The van der Waals surface area contributed by atoms with Crippen LogP contribution < -0.4 is 0 Å². The first kappa shape index (κ1) is 33.6. The summed E-state index contributed by atoms with van der Waals surface area (Å²) < 4.78 is 10.6. The fourth-order valence-electron chi connectivity index (χ4n) is 7.25. The summed E-state index contributed by atoms with van der Waals surface area (Å²) in [6.07, 6.45) is 1.88. The van der Waals surface area contributed by atoms with E-state index in [1.807, 2.05) is 62.5 Å². The summed E-state index contributed by atoms with van der Waals surface area (Å²) in [5, 5.41) is 11.2. The van der Waals surface area contributed by atoms with Gasteiger partial charge in [-0.1, -0.05) is 126 Å². The smallest absolute Gasteiger partial charge is 0.149 e. The molecule has 54 heavy (non-hydrogen) atoms. The number of aryl methyl sites for hydroxylation is 1. The Bertz CT molecular complexity index is 2680. The summed E-state index contributed by atoms with van der Waals surface area (Å²) in [6.45, 7) is 12.7. The Hall–Kier alpha value is -6.26. The summed E-state index contributed by atoms with van der Waals surface area (Å²) in [6, 6.07) is 50.0. The maximum absolute atomic E-state index is 11.2. The normalized spacial score (nSPS) is 12.2. The number of aromatic hydroxyl groups is 1. The minimum absolute atomic E-state index is 0.134. The van der Waals surface area contributed by atoms with Crippen molar-refractivity contribution in [2.24, 2.45) is 0 Å². The van der Waals surface area contributed by atoms with Gasteiger partial charge in [0.2, 0.25) is 0 Å². The summed E-state index contributed by atoms with van der Waals surface area (Å²) in [5.41, 5.74) is 15.0. The average molecular weight is 705 g/mol. The molecule has 0 bridgehead atoms. The molecule has 0 aliphatic rings. The van der Waals surface area contributed by atoms with Crippen molar-refractivity contribution in [3.05, 3.63) is 168 Å². The molecule has 0 atom stereocenters. The van der Waals surface area contributed by atoms with Crippen LogP contribution in [0.25, 0.3) is 72.7 Å². The zero-order valence-electron chi connectivity index (χ0n) is 32.7. The standard InChI is InChI=1S/C50H45N3O/c1-32(2)34-19-21-36(22-20-34)37-23-24-51-45(31-37)40-27-39(28-41(29-40)50(4,5)6)43-16-12-17-46-48(43)52-49(44-15-10-11-18-47(44)54)53(46)42-26-33(3)25-38(30-42)35-13-8-7-9-14-35/h7-32,54H,1-6H3/i32D. The number of rotatable bonds is 7. The number of phenolic OH excluding ortho intramolecular Hbond substituents is 1. The Morgan fingerprint density at radius 3 is 2.07 bits per heavy atom. The fourth-order valence-corrected chi connectivity index (χ4v) is 7.25. The van der Waals surface area contributed by atoms with Crippen LogP contribution in [0.4, 0.5) is 0 Å². The number of pyridine rings is 1. The zero-order valence-corrected chi connectivity index (χ0v) is 31.7. The van der Waals surface area contributed by atoms with E-state index in [4.69, 9.17) is 11.3 Å². The van der Waals surface area contributed by atoms with Gasteiger partial charge in [-0.2, -0.15) is 0 Å². The third kappa shape index (κ3) is 6.72. The second kappa shape index (κ2) is 13.9. The van der Waals surface area contributed by atoms with Crippen molar-refractivity contribution in [3.8, 4) is 67.5 Å². The molecule has 0 fully saturated rings. The fraction of sp³-hybridized carbons (Fsp3) is 0.160. The molecule has 0 spiro atoms. The van der Waals surface area contributed by atoms with Crippen LogP contribution in [0.1, 0.15) is 58.6 Å². The topological polar surface area (TPSA) is 50.9 Å². The molecule has 4 nitrogen and oxygen atoms in total. The maximum atomic E-state index is 11.2. The van der Waals surface area contributed by atoms with Crippen LogP contribution in [0.3, 0.4) is 0 Å². The van der Waals surface area contributed by atoms with E-state index in [-0.39, 0.29) is 11.2 Å². The Morgan fingerprint density at radius 2 is 1.33 bits per heavy atom. The number of hydrogen-bond donors (Lipinski definition) is 1. The van der Waals surface area contributed by atoms with Crippen LogP contribution in [0.15, 0.2) is 152 Å². The molecular weight excluding hydrogens is 659 g/mol. The number of hydrogen-bond acceptors (Lipinski definition) is 3. The molecule has 0 saturated heterocycles. The van der Waals surface area contributed by atoms with E-state index in [0.717, 1.165) is 72.5 Å². The molecule has 1 N–H and O–H groups in total. The Kier molecular flexibility index (Phi) is 8.67. The Labute approximate surface area is 319 Å². The van der Waals surface area contributed by atoms with E-state index in [2.05, 4.69) is 129 Å². The van der Waals surface area contributed by atoms with Crippen LogP contribution >= 0.6 is 0 Å². The van der Waals surface area contributed by atoms with Gasteiger partial charge in [-0.15, -0.1) is 0 Å². The first-order chi connectivity index (χ1) is 26.3. The molecule has 266 valence electrons. The van der Waals surface area contributed by atoms with E-state index in [9.17, 15) is 5.11 Å². The third-order valence-electron chi connectivity index (χ3n) is 10.2. The van der Waals surface area contributed by atoms with Gasteiger partial charge in [0.15, 0.2) is 0 Å². The second-order valence-corrected chi connectivity index (χ2v) is 15.4. The first-order valence-corrected chi connectivity index (χ1v) is 18.5. The van der Waals surface area contributed by atoms with E-state index >= 15 is 0 Å². The van der Waals surface area contributed by atoms with Gasteiger partial charge in [-0.25, -0.2) is 4.98 Å². The monoisotopic (exact) mass is 704 g/mol. The number of aromatic nitrogens is 3. The minimum Gasteiger partial charge on any atom is -0.507 e. The largest absolute Gasteiger partial charge is 0.507 e. The second-order valence-electron chi connectivity index (χ2n) is 15.4. The SMILES string of the molecule is [2H]C(C)(C)c1ccc(-c2ccnc(-c3cc(-c4cccc5c4nc(-c4ccccc4O)n5-c4cc(C)cc(-c5ccccc5)c4)cc(C(C)(C)C)c3)c2)cc1. The van der Waals surface area contributed by atoms with Crippen molar-refractivity contribution in [3.63, 3.8) is 0 Å². The van der Waals surface area contributed by atoms with Crippen LogP contribution in [0.2, 0.25) is 0 Å². The van der Waals surface area contributed by atoms with E-state index in [1.54, 1.807) is 6.07 Å². The van der Waals surface area contributed by atoms with Crippen molar-refractivity contribution in [2.45, 2.75) is 52.9 Å². The molecule has 0 aliphatic carbocycles. The summed E-state index contributed by atoms with van der Waals surface area (Å²) in [7, 11) is 0. The van der Waals surface area contributed by atoms with E-state index in [0.29, 0.717) is 11.4 Å². The molecule has 8 rings (SSSR count). The summed E-state index contributed by atoms with van der Waals surface area (Å²) >= 11 is 0. The number of benzene rings is 6. The molecular formula is C50H45N3O. The predicted octanol–water partition coefficient (Wildman–Crippen LogP) is 13.2. The summed E-state index contributed by atoms with van der Waals surface area (Å²) in [4.78, 5) is 10.3. The minimum atomic E-state index is -0.655. The van der Waals surface area contributed by atoms with E-state index in [1.165, 1.54) is 5.56 Å². The molecule has 0 amide bonds. The van der Waals surface area contributed by atoms with Gasteiger partial charge in [-0.3, -0.25) is 9.55 Å². The Balaban J connectivity index is 1.32. The summed E-state index contributed by atoms with van der Waals surface area (Å²) in [5.74, 6) is 0.196. The highest BCUT2D eigenvalue weighted by atomic mass is 16.3. The zero-order chi connectivity index (χ0) is 38.5. The van der Waals surface area contributed by atoms with Gasteiger partial charge in [0.1, 0.15) is 11.6 Å². The predicted molar refractivity (Wildman–Crippen MR) is 225 cm³/mol. The number of imidazole rings is 1. The van der Waals surface area contributed by atoms with Gasteiger partial charge in [0.25, 0.3) is 0 Å². The highest BCUT2D eigenvalue weighted by Crippen LogP contribution is 2.40. The molecule has 0 saturated carbocycles. The van der Waals surface area contributed by atoms with Crippen LogP contribution in [0.5, 0.6) is 5.75 Å². The van der Waals surface area contributed by atoms with Crippen molar-refractivity contribution in [1.29, 1.82) is 0 Å². The molecule has 0 aliphatic heterocycles. The van der Waals surface area contributed by atoms with Crippen LogP contribution in [0, 0.1) is 6.92 Å². The third-order valence-corrected chi connectivity index (χ3v) is 10.2. The average Bonchev–Trinajstić information content (AvgIpc) is 3.57. The van der Waals surface area contributed by atoms with Crippen molar-refractivity contribution >= 4 is 11.0 Å². The van der Waals surface area contributed by atoms with Crippen molar-refractivity contribution in [1.82, 2.24) is 14.5 Å². The lowest BCUT2D eigenvalue weighted by Gasteiger charge is -2.22. The lowest BCUT2D eigenvalue weighted by Crippen LogP contribution is -2.11. The highest BCUT2D eigenvalue weighted by Gasteiger charge is 2.22. The maximum Gasteiger partial charge on any atom is 0.149 e. The molecule has 2 heterocycles. The van der Waals surface area contributed by atoms with Gasteiger partial charge < -0.3 is 5.11 Å². The molecule has 8 aromatic rings. The van der Waals surface area contributed by atoms with E-state index < -0.39 is 5.89 Å². The lowest BCUT2D eigenvalue weighted by molar-refractivity contribution is 0.477. The number of para-hydroxylation sites is 2. The van der Waals surface area contributed by atoms with Gasteiger partial charge >= 0.3 is 0 Å². The molecule has 4 heteroatoms. The van der Waals surface area contributed by atoms with Gasteiger partial charge in [-0.05, 0) is 117 Å².